The molecule has 0 aliphatic carbocycles. The normalized spacial score (nSPS) is 11.5. The van der Waals surface area contributed by atoms with E-state index in [1.807, 2.05) is 61.5 Å². The van der Waals surface area contributed by atoms with Crippen LogP contribution in [0.2, 0.25) is 0 Å². The molecule has 172 valence electrons. The summed E-state index contributed by atoms with van der Waals surface area (Å²) in [5.41, 5.74) is 3.43. The molecule has 0 fully saturated rings. The fourth-order valence-electron chi connectivity index (χ4n) is 3.78. The summed E-state index contributed by atoms with van der Waals surface area (Å²) in [7, 11) is 0. The van der Waals surface area contributed by atoms with Crippen molar-refractivity contribution in [2.75, 3.05) is 13.2 Å². The quantitative estimate of drug-likeness (QED) is 0.300. The van der Waals surface area contributed by atoms with E-state index in [2.05, 4.69) is 43.5 Å². The van der Waals surface area contributed by atoms with Crippen LogP contribution in [0, 0.1) is 0 Å². The van der Waals surface area contributed by atoms with E-state index in [0.717, 1.165) is 34.1 Å². The topological polar surface area (TPSA) is 45.5 Å². The van der Waals surface area contributed by atoms with E-state index in [1.54, 1.807) is 0 Å². The third-order valence-corrected chi connectivity index (χ3v) is 5.54. The van der Waals surface area contributed by atoms with Crippen molar-refractivity contribution in [2.45, 2.75) is 46.3 Å². The van der Waals surface area contributed by atoms with Gasteiger partial charge in [0.1, 0.15) is 24.8 Å². The fraction of sp³-hybridized carbons (Fsp3) is 0.321. The van der Waals surface area contributed by atoms with Gasteiger partial charge in [0.25, 0.3) is 0 Å². The maximum Gasteiger partial charge on any atom is 0.161 e. The standard InChI is InChI=1S/C28H32N2O3/c1-5-31-25-12-8-9-13-26(25)32-19-18-30-24-11-7-6-10-23(24)29-27(30)20-33-22-16-14-21(15-17-22)28(2,3)4/h6-17H,5,18-20H2,1-4H3. The molecule has 33 heavy (non-hydrogen) atoms. The van der Waals surface area contributed by atoms with Gasteiger partial charge in [-0.05, 0) is 54.3 Å². The van der Waals surface area contributed by atoms with Gasteiger partial charge in [0.05, 0.1) is 24.2 Å². The number of benzene rings is 3. The number of hydrogen-bond donors (Lipinski definition) is 0. The number of imidazole rings is 1. The van der Waals surface area contributed by atoms with E-state index >= 15 is 0 Å². The first-order chi connectivity index (χ1) is 16.0. The van der Waals surface area contributed by atoms with Crippen LogP contribution in [0.1, 0.15) is 39.1 Å². The molecule has 1 heterocycles. The summed E-state index contributed by atoms with van der Waals surface area (Å²) < 4.78 is 20.0. The highest BCUT2D eigenvalue weighted by molar-refractivity contribution is 5.75. The molecule has 0 spiro atoms. The molecular formula is C28H32N2O3. The monoisotopic (exact) mass is 444 g/mol. The first-order valence-corrected chi connectivity index (χ1v) is 11.5. The van der Waals surface area contributed by atoms with Crippen molar-refractivity contribution in [1.82, 2.24) is 9.55 Å². The second kappa shape index (κ2) is 9.99. The fourth-order valence-corrected chi connectivity index (χ4v) is 3.78. The number of hydrogen-bond acceptors (Lipinski definition) is 4. The van der Waals surface area contributed by atoms with Gasteiger partial charge in [-0.1, -0.05) is 57.2 Å². The van der Waals surface area contributed by atoms with Gasteiger partial charge in [0, 0.05) is 0 Å². The molecule has 5 heteroatoms. The number of nitrogens with zero attached hydrogens (tertiary/aromatic N) is 2. The maximum absolute atomic E-state index is 6.10. The van der Waals surface area contributed by atoms with Crippen molar-refractivity contribution >= 4 is 11.0 Å². The van der Waals surface area contributed by atoms with Crippen LogP contribution in [0.5, 0.6) is 17.2 Å². The van der Waals surface area contributed by atoms with Crippen molar-refractivity contribution < 1.29 is 14.2 Å². The molecule has 0 aliphatic rings. The second-order valence-corrected chi connectivity index (χ2v) is 8.96. The lowest BCUT2D eigenvalue weighted by molar-refractivity contribution is 0.257. The molecule has 0 saturated heterocycles. The Morgan fingerprint density at radius 1 is 0.788 bits per heavy atom. The minimum Gasteiger partial charge on any atom is -0.490 e. The molecule has 0 radical (unpaired) electrons. The van der Waals surface area contributed by atoms with Crippen LogP contribution >= 0.6 is 0 Å². The van der Waals surface area contributed by atoms with Gasteiger partial charge < -0.3 is 18.8 Å². The van der Waals surface area contributed by atoms with Crippen LogP contribution in [0.4, 0.5) is 0 Å². The zero-order valence-corrected chi connectivity index (χ0v) is 19.9. The lowest BCUT2D eigenvalue weighted by atomic mass is 9.87. The highest BCUT2D eigenvalue weighted by Gasteiger charge is 2.14. The summed E-state index contributed by atoms with van der Waals surface area (Å²) >= 11 is 0. The third-order valence-electron chi connectivity index (χ3n) is 5.54. The molecule has 4 rings (SSSR count). The molecule has 0 saturated carbocycles. The lowest BCUT2D eigenvalue weighted by Gasteiger charge is -2.19. The highest BCUT2D eigenvalue weighted by atomic mass is 16.5. The Labute approximate surface area is 195 Å². The van der Waals surface area contributed by atoms with E-state index in [0.29, 0.717) is 26.4 Å². The van der Waals surface area contributed by atoms with Crippen LogP contribution in [-0.2, 0) is 18.6 Å². The van der Waals surface area contributed by atoms with Gasteiger partial charge >= 0.3 is 0 Å². The van der Waals surface area contributed by atoms with Gasteiger partial charge in [-0.15, -0.1) is 0 Å². The van der Waals surface area contributed by atoms with Crippen molar-refractivity contribution in [3.05, 3.63) is 84.2 Å². The van der Waals surface area contributed by atoms with Gasteiger partial charge in [0.15, 0.2) is 11.5 Å². The van der Waals surface area contributed by atoms with Crippen LogP contribution in [0.25, 0.3) is 11.0 Å². The number of aromatic nitrogens is 2. The van der Waals surface area contributed by atoms with Crippen molar-refractivity contribution in [3.63, 3.8) is 0 Å². The van der Waals surface area contributed by atoms with E-state index in [9.17, 15) is 0 Å². The minimum absolute atomic E-state index is 0.118. The molecule has 0 N–H and O–H groups in total. The van der Waals surface area contributed by atoms with E-state index in [1.165, 1.54) is 5.56 Å². The number of para-hydroxylation sites is 4. The van der Waals surface area contributed by atoms with Crippen LogP contribution in [0.15, 0.2) is 72.8 Å². The Bertz CT molecular complexity index is 1190. The average Bonchev–Trinajstić information content (AvgIpc) is 3.16. The molecule has 4 aromatic rings. The molecule has 0 amide bonds. The van der Waals surface area contributed by atoms with Crippen LogP contribution in [-0.4, -0.2) is 22.8 Å². The SMILES string of the molecule is CCOc1ccccc1OCCn1c(COc2ccc(C(C)(C)C)cc2)nc2ccccc21. The Morgan fingerprint density at radius 3 is 2.15 bits per heavy atom. The number of fused-ring (bicyclic) bond motifs is 1. The third kappa shape index (κ3) is 5.48. The summed E-state index contributed by atoms with van der Waals surface area (Å²) in [5.74, 6) is 3.22. The van der Waals surface area contributed by atoms with E-state index in [-0.39, 0.29) is 5.41 Å². The number of rotatable bonds is 9. The van der Waals surface area contributed by atoms with Gasteiger partial charge in [-0.25, -0.2) is 4.98 Å². The molecule has 5 nitrogen and oxygen atoms in total. The van der Waals surface area contributed by atoms with E-state index in [4.69, 9.17) is 19.2 Å². The molecule has 0 bridgehead atoms. The molecule has 1 aromatic heterocycles. The Kier molecular flexibility index (Phi) is 6.87. The highest BCUT2D eigenvalue weighted by Crippen LogP contribution is 2.27. The van der Waals surface area contributed by atoms with E-state index < -0.39 is 0 Å². The van der Waals surface area contributed by atoms with Gasteiger partial charge in [-0.2, -0.15) is 0 Å². The molecule has 0 atom stereocenters. The number of ether oxygens (including phenoxy) is 3. The zero-order chi connectivity index (χ0) is 23.3. The van der Waals surface area contributed by atoms with Crippen LogP contribution in [0.3, 0.4) is 0 Å². The summed E-state index contributed by atoms with van der Waals surface area (Å²) in [6.45, 7) is 10.7. The summed E-state index contributed by atoms with van der Waals surface area (Å²) in [5, 5.41) is 0. The first kappa shape index (κ1) is 22.7. The van der Waals surface area contributed by atoms with Crippen molar-refractivity contribution in [1.29, 1.82) is 0 Å². The van der Waals surface area contributed by atoms with Crippen molar-refractivity contribution in [2.24, 2.45) is 0 Å². The second-order valence-electron chi connectivity index (χ2n) is 8.96. The summed E-state index contributed by atoms with van der Waals surface area (Å²) in [4.78, 5) is 4.81. The van der Waals surface area contributed by atoms with Crippen molar-refractivity contribution in [3.8, 4) is 17.2 Å². The Morgan fingerprint density at radius 2 is 1.45 bits per heavy atom. The molecule has 3 aromatic carbocycles. The predicted octanol–water partition coefficient (Wildman–Crippen LogP) is 6.39. The summed E-state index contributed by atoms with van der Waals surface area (Å²) in [6.07, 6.45) is 0. The lowest BCUT2D eigenvalue weighted by Crippen LogP contribution is -2.13. The molecule has 0 unspecified atom stereocenters. The minimum atomic E-state index is 0.118. The average molecular weight is 445 g/mol. The van der Waals surface area contributed by atoms with Crippen LogP contribution < -0.4 is 14.2 Å². The smallest absolute Gasteiger partial charge is 0.161 e. The van der Waals surface area contributed by atoms with Gasteiger partial charge in [0.2, 0.25) is 0 Å². The maximum atomic E-state index is 6.10. The molecule has 0 aliphatic heterocycles. The largest absolute Gasteiger partial charge is 0.490 e. The first-order valence-electron chi connectivity index (χ1n) is 11.5. The Hall–Kier alpha value is -3.47. The summed E-state index contributed by atoms with van der Waals surface area (Å²) in [6, 6.07) is 24.2. The predicted molar refractivity (Wildman–Crippen MR) is 132 cm³/mol. The Balaban J connectivity index is 1.48. The zero-order valence-electron chi connectivity index (χ0n) is 19.9. The molecular weight excluding hydrogens is 412 g/mol. The van der Waals surface area contributed by atoms with Gasteiger partial charge in [-0.3, -0.25) is 0 Å².